The Labute approximate surface area is 115 Å². The van der Waals surface area contributed by atoms with Crippen molar-refractivity contribution in [3.8, 4) is 0 Å². The van der Waals surface area contributed by atoms with Crippen LogP contribution in [0.2, 0.25) is 5.02 Å². The van der Waals surface area contributed by atoms with Gasteiger partial charge in [-0.05, 0) is 44.3 Å². The zero-order valence-corrected chi connectivity index (χ0v) is 12.0. The Bertz CT molecular complexity index is 361. The van der Waals surface area contributed by atoms with E-state index in [0.717, 1.165) is 18.7 Å². The van der Waals surface area contributed by atoms with Gasteiger partial charge in [-0.3, -0.25) is 4.79 Å². The first-order valence-corrected chi connectivity index (χ1v) is 6.98. The minimum atomic E-state index is 0.189. The first-order chi connectivity index (χ1) is 8.63. The molecule has 0 aliphatic carbocycles. The summed E-state index contributed by atoms with van der Waals surface area (Å²) in [4.78, 5) is 14.1. The van der Waals surface area contributed by atoms with Gasteiger partial charge < -0.3 is 4.90 Å². The first kappa shape index (κ1) is 15.2. The number of ketones is 1. The minimum absolute atomic E-state index is 0.189. The summed E-state index contributed by atoms with van der Waals surface area (Å²) in [7, 11) is 2.07. The second-order valence-electron chi connectivity index (χ2n) is 4.69. The summed E-state index contributed by atoms with van der Waals surface area (Å²) >= 11 is 5.80. The molecule has 0 saturated heterocycles. The number of nitrogens with zero attached hydrogens (tertiary/aromatic N) is 1. The molecule has 1 aromatic rings. The van der Waals surface area contributed by atoms with Crippen molar-refractivity contribution in [2.45, 2.75) is 32.6 Å². The van der Waals surface area contributed by atoms with Crippen LogP contribution in [0.4, 0.5) is 0 Å². The van der Waals surface area contributed by atoms with Gasteiger partial charge in [0.2, 0.25) is 0 Å². The predicted octanol–water partition coefficient (Wildman–Crippen LogP) is 4.03. The third-order valence-electron chi connectivity index (χ3n) is 3.03. The number of benzene rings is 1. The van der Waals surface area contributed by atoms with Gasteiger partial charge in [0.15, 0.2) is 5.78 Å². The van der Waals surface area contributed by atoms with Crippen molar-refractivity contribution in [1.82, 2.24) is 4.90 Å². The summed E-state index contributed by atoms with van der Waals surface area (Å²) in [5, 5.41) is 0.670. The number of unbranched alkanes of at least 4 members (excludes halogenated alkanes) is 2. The third kappa shape index (κ3) is 5.65. The van der Waals surface area contributed by atoms with Crippen LogP contribution >= 0.6 is 11.6 Å². The molecule has 0 bridgehead atoms. The molecule has 0 heterocycles. The summed E-state index contributed by atoms with van der Waals surface area (Å²) in [5.41, 5.74) is 0.751. The summed E-state index contributed by atoms with van der Waals surface area (Å²) in [6.45, 7) is 4.09. The molecule has 0 aromatic heterocycles. The number of carbonyl (C=O) groups is 1. The number of Topliss-reactive ketones (excluding diaryl/α,β-unsaturated/α-hetero) is 1. The maximum absolute atomic E-state index is 11.9. The Kier molecular flexibility index (Phi) is 6.99. The van der Waals surface area contributed by atoms with E-state index in [2.05, 4.69) is 18.9 Å². The molecular formula is C15H22ClNO. The Morgan fingerprint density at radius 3 is 2.44 bits per heavy atom. The molecule has 100 valence electrons. The van der Waals surface area contributed by atoms with E-state index in [1.165, 1.54) is 19.3 Å². The van der Waals surface area contributed by atoms with E-state index in [1.54, 1.807) is 24.3 Å². The lowest BCUT2D eigenvalue weighted by Gasteiger charge is -2.15. The fourth-order valence-corrected chi connectivity index (χ4v) is 1.94. The molecule has 0 atom stereocenters. The highest BCUT2D eigenvalue weighted by molar-refractivity contribution is 6.30. The molecule has 0 aliphatic rings. The highest BCUT2D eigenvalue weighted by atomic mass is 35.5. The van der Waals surface area contributed by atoms with E-state index in [1.807, 2.05) is 0 Å². The third-order valence-corrected chi connectivity index (χ3v) is 3.28. The van der Waals surface area contributed by atoms with Gasteiger partial charge in [0, 0.05) is 23.6 Å². The van der Waals surface area contributed by atoms with Gasteiger partial charge in [-0.1, -0.05) is 31.4 Å². The molecule has 2 nitrogen and oxygen atoms in total. The average molecular weight is 268 g/mol. The Morgan fingerprint density at radius 2 is 1.83 bits per heavy atom. The van der Waals surface area contributed by atoms with Crippen LogP contribution < -0.4 is 0 Å². The molecule has 0 aliphatic heterocycles. The molecule has 0 radical (unpaired) electrons. The highest BCUT2D eigenvalue weighted by Gasteiger charge is 2.07. The number of hydrogen-bond donors (Lipinski definition) is 0. The Hall–Kier alpha value is -0.860. The zero-order chi connectivity index (χ0) is 13.4. The molecule has 0 N–H and O–H groups in total. The van der Waals surface area contributed by atoms with Crippen molar-refractivity contribution in [1.29, 1.82) is 0 Å². The lowest BCUT2D eigenvalue weighted by atomic mass is 10.1. The van der Waals surface area contributed by atoms with Crippen LogP contribution in [-0.4, -0.2) is 30.8 Å². The van der Waals surface area contributed by atoms with E-state index in [4.69, 9.17) is 11.6 Å². The molecular weight excluding hydrogens is 246 g/mol. The van der Waals surface area contributed by atoms with Gasteiger partial charge in [0.25, 0.3) is 0 Å². The maximum atomic E-state index is 11.9. The van der Waals surface area contributed by atoms with Gasteiger partial charge in [-0.25, -0.2) is 0 Å². The monoisotopic (exact) mass is 267 g/mol. The summed E-state index contributed by atoms with van der Waals surface area (Å²) < 4.78 is 0. The molecule has 3 heteroatoms. The summed E-state index contributed by atoms with van der Waals surface area (Å²) in [5.74, 6) is 0.189. The minimum Gasteiger partial charge on any atom is -0.306 e. The fourth-order valence-electron chi connectivity index (χ4n) is 1.82. The van der Waals surface area contributed by atoms with Crippen molar-refractivity contribution in [2.24, 2.45) is 0 Å². The van der Waals surface area contributed by atoms with Crippen LogP contribution in [0, 0.1) is 0 Å². The van der Waals surface area contributed by atoms with Crippen molar-refractivity contribution in [2.75, 3.05) is 20.1 Å². The van der Waals surface area contributed by atoms with Gasteiger partial charge >= 0.3 is 0 Å². The standard InChI is InChI=1S/C15H22ClNO/c1-3-4-5-11-17(2)12-10-15(18)13-6-8-14(16)9-7-13/h6-9H,3-5,10-12H2,1-2H3. The van der Waals surface area contributed by atoms with Crippen molar-refractivity contribution < 1.29 is 4.79 Å². The number of rotatable bonds is 8. The molecule has 0 fully saturated rings. The quantitative estimate of drug-likeness (QED) is 0.523. The van der Waals surface area contributed by atoms with Crippen LogP contribution in [0.15, 0.2) is 24.3 Å². The lowest BCUT2D eigenvalue weighted by Crippen LogP contribution is -2.23. The normalized spacial score (nSPS) is 10.9. The molecule has 0 saturated carbocycles. The van der Waals surface area contributed by atoms with Crippen LogP contribution in [0.1, 0.15) is 43.0 Å². The number of carbonyl (C=O) groups excluding carboxylic acids is 1. The zero-order valence-electron chi connectivity index (χ0n) is 11.3. The molecule has 1 rings (SSSR count). The Balaban J connectivity index is 2.30. The van der Waals surface area contributed by atoms with Gasteiger partial charge in [-0.15, -0.1) is 0 Å². The largest absolute Gasteiger partial charge is 0.306 e. The molecule has 1 aromatic carbocycles. The van der Waals surface area contributed by atoms with E-state index in [-0.39, 0.29) is 5.78 Å². The number of halogens is 1. The van der Waals surface area contributed by atoms with E-state index < -0.39 is 0 Å². The van der Waals surface area contributed by atoms with Crippen molar-refractivity contribution in [3.05, 3.63) is 34.9 Å². The first-order valence-electron chi connectivity index (χ1n) is 6.60. The van der Waals surface area contributed by atoms with Crippen molar-refractivity contribution >= 4 is 17.4 Å². The summed E-state index contributed by atoms with van der Waals surface area (Å²) in [6.07, 6.45) is 4.28. The average Bonchev–Trinajstić information content (AvgIpc) is 2.37. The molecule has 0 amide bonds. The fraction of sp³-hybridized carbons (Fsp3) is 0.533. The topological polar surface area (TPSA) is 20.3 Å². The second kappa shape index (κ2) is 8.28. The predicted molar refractivity (Wildman–Crippen MR) is 77.4 cm³/mol. The van der Waals surface area contributed by atoms with Gasteiger partial charge in [-0.2, -0.15) is 0 Å². The summed E-state index contributed by atoms with van der Waals surface area (Å²) in [6, 6.07) is 7.11. The molecule has 18 heavy (non-hydrogen) atoms. The van der Waals surface area contributed by atoms with Crippen LogP contribution in [-0.2, 0) is 0 Å². The SMILES string of the molecule is CCCCCN(C)CCC(=O)c1ccc(Cl)cc1. The second-order valence-corrected chi connectivity index (χ2v) is 5.13. The molecule has 0 unspecified atom stereocenters. The van der Waals surface area contributed by atoms with E-state index in [0.29, 0.717) is 11.4 Å². The van der Waals surface area contributed by atoms with Crippen LogP contribution in [0.25, 0.3) is 0 Å². The number of hydrogen-bond acceptors (Lipinski definition) is 2. The van der Waals surface area contributed by atoms with Crippen LogP contribution in [0.5, 0.6) is 0 Å². The van der Waals surface area contributed by atoms with E-state index >= 15 is 0 Å². The lowest BCUT2D eigenvalue weighted by molar-refractivity contribution is 0.0969. The smallest absolute Gasteiger partial charge is 0.164 e. The van der Waals surface area contributed by atoms with Crippen LogP contribution in [0.3, 0.4) is 0 Å². The highest BCUT2D eigenvalue weighted by Crippen LogP contribution is 2.11. The van der Waals surface area contributed by atoms with Gasteiger partial charge in [0.1, 0.15) is 0 Å². The van der Waals surface area contributed by atoms with E-state index in [9.17, 15) is 4.79 Å². The Morgan fingerprint density at radius 1 is 1.17 bits per heavy atom. The maximum Gasteiger partial charge on any atom is 0.164 e. The van der Waals surface area contributed by atoms with Crippen molar-refractivity contribution in [3.63, 3.8) is 0 Å². The molecule has 0 spiro atoms. The van der Waals surface area contributed by atoms with Gasteiger partial charge in [0.05, 0.1) is 0 Å².